The average molecular weight is 285 g/mol. The highest BCUT2D eigenvalue weighted by Crippen LogP contribution is 2.20. The number of carbonyl (C=O) groups excluding carboxylic acids is 1. The van der Waals surface area contributed by atoms with Crippen molar-refractivity contribution in [1.29, 1.82) is 0 Å². The van der Waals surface area contributed by atoms with Gasteiger partial charge in [0.25, 0.3) is 0 Å². The number of carbonyl (C=O) groups is 2. The number of amides is 1. The number of hydrogen-bond donors (Lipinski definition) is 2. The molecule has 5 nitrogen and oxygen atoms in total. The standard InChI is InChI=1S/C15H27NO4/c1-11(12(2)15(18)19)14(17)16-9-6-10-20-13-7-4-3-5-8-13/h11-13H,3-10H2,1-2H3,(H,16,17)(H,18,19). The highest BCUT2D eigenvalue weighted by Gasteiger charge is 2.25. The van der Waals surface area contributed by atoms with Crippen LogP contribution in [0, 0.1) is 11.8 Å². The minimum atomic E-state index is -0.937. The average Bonchev–Trinajstić information content (AvgIpc) is 2.46. The van der Waals surface area contributed by atoms with Crippen LogP contribution in [0.1, 0.15) is 52.4 Å². The van der Waals surface area contributed by atoms with E-state index in [1.807, 2.05) is 0 Å². The molecule has 2 unspecified atom stereocenters. The largest absolute Gasteiger partial charge is 0.481 e. The van der Waals surface area contributed by atoms with Crippen LogP contribution >= 0.6 is 0 Å². The van der Waals surface area contributed by atoms with E-state index in [2.05, 4.69) is 5.32 Å². The Morgan fingerprint density at radius 1 is 1.20 bits per heavy atom. The number of aliphatic carboxylic acids is 1. The van der Waals surface area contributed by atoms with E-state index >= 15 is 0 Å². The van der Waals surface area contributed by atoms with E-state index in [9.17, 15) is 9.59 Å². The van der Waals surface area contributed by atoms with Crippen molar-refractivity contribution in [3.8, 4) is 0 Å². The summed E-state index contributed by atoms with van der Waals surface area (Å²) in [6, 6.07) is 0. The van der Waals surface area contributed by atoms with E-state index in [1.165, 1.54) is 19.3 Å². The lowest BCUT2D eigenvalue weighted by molar-refractivity contribution is -0.146. The second-order valence-corrected chi connectivity index (χ2v) is 5.69. The van der Waals surface area contributed by atoms with Crippen molar-refractivity contribution in [2.75, 3.05) is 13.2 Å². The Hall–Kier alpha value is -1.10. The number of carboxylic acids is 1. The maximum absolute atomic E-state index is 11.7. The van der Waals surface area contributed by atoms with E-state index in [-0.39, 0.29) is 5.91 Å². The summed E-state index contributed by atoms with van der Waals surface area (Å²) in [5.41, 5.74) is 0. The molecular formula is C15H27NO4. The van der Waals surface area contributed by atoms with Crippen LogP contribution < -0.4 is 5.32 Å². The smallest absolute Gasteiger partial charge is 0.307 e. The van der Waals surface area contributed by atoms with Gasteiger partial charge in [0.05, 0.1) is 12.0 Å². The highest BCUT2D eigenvalue weighted by molar-refractivity contribution is 5.84. The summed E-state index contributed by atoms with van der Waals surface area (Å²) in [5, 5.41) is 11.6. The Bertz CT molecular complexity index is 313. The van der Waals surface area contributed by atoms with Crippen LogP contribution in [0.5, 0.6) is 0 Å². The minimum absolute atomic E-state index is 0.197. The molecule has 2 N–H and O–H groups in total. The van der Waals surface area contributed by atoms with Gasteiger partial charge in [0, 0.05) is 19.1 Å². The first-order valence-corrected chi connectivity index (χ1v) is 7.64. The van der Waals surface area contributed by atoms with Crippen LogP contribution in [0.2, 0.25) is 0 Å². The molecular weight excluding hydrogens is 258 g/mol. The van der Waals surface area contributed by atoms with Gasteiger partial charge in [-0.2, -0.15) is 0 Å². The lowest BCUT2D eigenvalue weighted by atomic mass is 9.95. The van der Waals surface area contributed by atoms with Crippen molar-refractivity contribution in [3.63, 3.8) is 0 Å². The maximum Gasteiger partial charge on any atom is 0.307 e. The fraction of sp³-hybridized carbons (Fsp3) is 0.867. The zero-order valence-electron chi connectivity index (χ0n) is 12.6. The number of carboxylic acid groups (broad SMARTS) is 1. The summed E-state index contributed by atoms with van der Waals surface area (Å²) in [6.45, 7) is 4.40. The van der Waals surface area contributed by atoms with Gasteiger partial charge >= 0.3 is 5.97 Å². The Morgan fingerprint density at radius 2 is 1.85 bits per heavy atom. The van der Waals surface area contributed by atoms with Crippen molar-refractivity contribution >= 4 is 11.9 Å². The number of hydrogen-bond acceptors (Lipinski definition) is 3. The lowest BCUT2D eigenvalue weighted by Crippen LogP contribution is -2.36. The molecule has 0 radical (unpaired) electrons. The quantitative estimate of drug-likeness (QED) is 0.670. The molecule has 0 aliphatic heterocycles. The molecule has 1 saturated carbocycles. The second kappa shape index (κ2) is 8.95. The molecule has 0 bridgehead atoms. The summed E-state index contributed by atoms with van der Waals surface area (Å²) >= 11 is 0. The Kier molecular flexibility index (Phi) is 7.59. The third-order valence-corrected chi connectivity index (χ3v) is 4.08. The van der Waals surface area contributed by atoms with Crippen molar-refractivity contribution in [2.45, 2.75) is 58.5 Å². The summed E-state index contributed by atoms with van der Waals surface area (Å²) in [7, 11) is 0. The molecule has 1 aliphatic rings. The zero-order valence-corrected chi connectivity index (χ0v) is 12.6. The van der Waals surface area contributed by atoms with Crippen LogP contribution in [-0.4, -0.2) is 36.2 Å². The first-order chi connectivity index (χ1) is 9.52. The molecule has 1 fully saturated rings. The molecule has 0 aromatic heterocycles. The van der Waals surface area contributed by atoms with Gasteiger partial charge in [-0.3, -0.25) is 9.59 Å². The van der Waals surface area contributed by atoms with Crippen molar-refractivity contribution in [3.05, 3.63) is 0 Å². The molecule has 0 aromatic rings. The molecule has 5 heteroatoms. The van der Waals surface area contributed by atoms with Crippen LogP contribution in [0.4, 0.5) is 0 Å². The van der Waals surface area contributed by atoms with Gasteiger partial charge in [-0.25, -0.2) is 0 Å². The fourth-order valence-electron chi connectivity index (χ4n) is 2.37. The van der Waals surface area contributed by atoms with E-state index in [1.54, 1.807) is 13.8 Å². The van der Waals surface area contributed by atoms with Gasteiger partial charge < -0.3 is 15.2 Å². The van der Waals surface area contributed by atoms with E-state index in [0.29, 0.717) is 19.3 Å². The molecule has 0 spiro atoms. The molecule has 1 amide bonds. The summed E-state index contributed by atoms with van der Waals surface area (Å²) in [6.07, 6.45) is 7.30. The number of nitrogens with one attached hydrogen (secondary N) is 1. The van der Waals surface area contributed by atoms with Crippen LogP contribution in [0.3, 0.4) is 0 Å². The Balaban J connectivity index is 2.08. The predicted molar refractivity (Wildman–Crippen MR) is 76.4 cm³/mol. The van der Waals surface area contributed by atoms with Crippen molar-refractivity contribution < 1.29 is 19.4 Å². The van der Waals surface area contributed by atoms with E-state index < -0.39 is 17.8 Å². The molecule has 20 heavy (non-hydrogen) atoms. The molecule has 0 aromatic carbocycles. The topological polar surface area (TPSA) is 75.6 Å². The SMILES string of the molecule is CC(C(=O)O)C(C)C(=O)NCCCOC1CCCCC1. The van der Waals surface area contributed by atoms with Crippen molar-refractivity contribution in [2.24, 2.45) is 11.8 Å². The first-order valence-electron chi connectivity index (χ1n) is 7.64. The maximum atomic E-state index is 11.7. The Morgan fingerprint density at radius 3 is 2.45 bits per heavy atom. The van der Waals surface area contributed by atoms with Crippen LogP contribution in [-0.2, 0) is 14.3 Å². The fourth-order valence-corrected chi connectivity index (χ4v) is 2.37. The molecule has 2 atom stereocenters. The van der Waals surface area contributed by atoms with Gasteiger partial charge in [-0.1, -0.05) is 33.1 Å². The monoisotopic (exact) mass is 285 g/mol. The minimum Gasteiger partial charge on any atom is -0.481 e. The molecule has 1 rings (SSSR count). The molecule has 1 aliphatic carbocycles. The van der Waals surface area contributed by atoms with Gasteiger partial charge in [-0.05, 0) is 19.3 Å². The lowest BCUT2D eigenvalue weighted by Gasteiger charge is -2.22. The predicted octanol–water partition coefficient (Wildman–Crippen LogP) is 2.20. The molecule has 0 heterocycles. The molecule has 116 valence electrons. The highest BCUT2D eigenvalue weighted by atomic mass is 16.5. The zero-order chi connectivity index (χ0) is 15.0. The summed E-state index contributed by atoms with van der Waals surface area (Å²) in [4.78, 5) is 22.5. The molecule has 0 saturated heterocycles. The van der Waals surface area contributed by atoms with E-state index in [0.717, 1.165) is 19.3 Å². The normalized spacial score (nSPS) is 19.3. The van der Waals surface area contributed by atoms with E-state index in [4.69, 9.17) is 9.84 Å². The third-order valence-electron chi connectivity index (χ3n) is 4.08. The third kappa shape index (κ3) is 5.90. The number of ether oxygens (including phenoxy) is 1. The number of rotatable bonds is 8. The summed E-state index contributed by atoms with van der Waals surface area (Å²) < 4.78 is 5.77. The van der Waals surface area contributed by atoms with Crippen LogP contribution in [0.15, 0.2) is 0 Å². The van der Waals surface area contributed by atoms with Gasteiger partial charge in [0.2, 0.25) is 5.91 Å². The summed E-state index contributed by atoms with van der Waals surface area (Å²) in [5.74, 6) is -2.30. The van der Waals surface area contributed by atoms with Crippen LogP contribution in [0.25, 0.3) is 0 Å². The Labute approximate surface area is 121 Å². The van der Waals surface area contributed by atoms with Gasteiger partial charge in [0.1, 0.15) is 0 Å². The van der Waals surface area contributed by atoms with Gasteiger partial charge in [-0.15, -0.1) is 0 Å². The van der Waals surface area contributed by atoms with Gasteiger partial charge in [0.15, 0.2) is 0 Å². The second-order valence-electron chi connectivity index (χ2n) is 5.69. The van der Waals surface area contributed by atoms with Crippen molar-refractivity contribution in [1.82, 2.24) is 5.32 Å². The first kappa shape index (κ1) is 17.0.